The molecular weight excluding hydrogens is 893 g/mol. The number of piperidine rings is 2. The minimum absolute atomic E-state index is 0.0149. The number of carbonyl (C=O) groups excluding carboxylic acids is 4. The van der Waals surface area contributed by atoms with Crippen LogP contribution in [0.15, 0.2) is 65.8 Å². The maximum atomic E-state index is 14.1. The van der Waals surface area contributed by atoms with E-state index in [-0.39, 0.29) is 41.9 Å². The molecule has 4 amide bonds. The fourth-order valence-corrected chi connectivity index (χ4v) is 13.1. The van der Waals surface area contributed by atoms with E-state index in [1.54, 1.807) is 51.7 Å². The molecule has 3 N–H and O–H groups in total. The van der Waals surface area contributed by atoms with E-state index in [4.69, 9.17) is 4.11 Å². The molecule has 4 aromatic heterocycles. The van der Waals surface area contributed by atoms with Crippen molar-refractivity contribution in [2.24, 2.45) is 6.98 Å². The number of carbonyl (C=O) groups is 4. The zero-order chi connectivity index (χ0) is 50.2. The van der Waals surface area contributed by atoms with Crippen molar-refractivity contribution in [2.45, 2.75) is 109 Å². The number of anilines is 5. The smallest absolute Gasteiger partial charge is 0.274 e. The number of benzene rings is 1. The largest absolute Gasteiger partial charge is 0.392 e. The number of hydrogen-bond acceptors (Lipinski definition) is 13. The van der Waals surface area contributed by atoms with Gasteiger partial charge in [0.1, 0.15) is 23.4 Å². The van der Waals surface area contributed by atoms with Gasteiger partial charge in [-0.15, -0.1) is 11.3 Å². The Morgan fingerprint density at radius 1 is 0.841 bits per heavy atom. The number of piperazine rings is 1. The Kier molecular flexibility index (Phi) is 10.9. The SMILES string of the molecule is [2H]C([2H])([2H])n1cc(-c2ccnc(N3CCc4c(sc5c4CCCC5)C3=O)c2CO)cc(Nc2ccc(N3CCN([C@H]4CCN(c5ccc6c(c5)CN([C@H]5CCC(=O)NC5=O)C6=O)[C@H](C)C4)C[C@@H]3C)cn2)c1=O. The summed E-state index contributed by atoms with van der Waals surface area (Å²) in [5.41, 5.74) is 6.33. The highest BCUT2D eigenvalue weighted by Crippen LogP contribution is 2.41. The van der Waals surface area contributed by atoms with Gasteiger partial charge in [0.15, 0.2) is 0 Å². The van der Waals surface area contributed by atoms with Gasteiger partial charge in [0.05, 0.1) is 23.4 Å². The summed E-state index contributed by atoms with van der Waals surface area (Å²) in [5, 5.41) is 16.3. The number of nitrogens with one attached hydrogen (secondary N) is 2. The Labute approximate surface area is 409 Å². The van der Waals surface area contributed by atoms with Gasteiger partial charge >= 0.3 is 0 Å². The van der Waals surface area contributed by atoms with Crippen LogP contribution in [0, 0.1) is 0 Å². The molecule has 0 unspecified atom stereocenters. The van der Waals surface area contributed by atoms with Crippen molar-refractivity contribution in [1.29, 1.82) is 0 Å². The summed E-state index contributed by atoms with van der Waals surface area (Å²) in [6.07, 6.45) is 12.0. The number of rotatable bonds is 9. The highest BCUT2D eigenvalue weighted by atomic mass is 32.1. The fourth-order valence-electron chi connectivity index (χ4n) is 11.7. The maximum Gasteiger partial charge on any atom is 0.274 e. The number of aliphatic hydroxyl groups excluding tert-OH is 1. The minimum atomic E-state index is -2.82. The van der Waals surface area contributed by atoms with Crippen molar-refractivity contribution >= 4 is 63.7 Å². The highest BCUT2D eigenvalue weighted by Gasteiger charge is 2.40. The second-order valence-corrected chi connectivity index (χ2v) is 20.5. The third-order valence-electron chi connectivity index (χ3n) is 15.3. The lowest BCUT2D eigenvalue weighted by Gasteiger charge is -2.48. The second kappa shape index (κ2) is 18.1. The third-order valence-corrected chi connectivity index (χ3v) is 16.6. The monoisotopic (exact) mass is 953 g/mol. The van der Waals surface area contributed by atoms with Crippen LogP contribution in [0.1, 0.15) is 104 Å². The molecule has 69 heavy (non-hydrogen) atoms. The Morgan fingerprint density at radius 2 is 1.68 bits per heavy atom. The molecule has 0 saturated carbocycles. The molecule has 3 saturated heterocycles. The Balaban J connectivity index is 0.749. The first-order chi connectivity index (χ1) is 34.6. The fraction of sp³-hybridized carbons (Fsp3) is 0.442. The Bertz CT molecular complexity index is 3070. The number of aryl methyl sites for hydroxylation is 2. The number of fused-ring (bicyclic) bond motifs is 4. The number of nitrogens with zero attached hydrogens (tertiary/aromatic N) is 8. The van der Waals surface area contributed by atoms with Crippen molar-refractivity contribution in [1.82, 2.24) is 29.7 Å². The van der Waals surface area contributed by atoms with E-state index in [0.717, 1.165) is 92.1 Å². The van der Waals surface area contributed by atoms with E-state index in [1.807, 2.05) is 18.2 Å². The molecule has 11 rings (SSSR count). The van der Waals surface area contributed by atoms with Crippen molar-refractivity contribution < 1.29 is 28.4 Å². The average molecular weight is 954 g/mol. The molecule has 0 bridgehead atoms. The first-order valence-corrected chi connectivity index (χ1v) is 25.1. The van der Waals surface area contributed by atoms with Gasteiger partial charge in [-0.1, -0.05) is 0 Å². The quantitative estimate of drug-likeness (QED) is 0.157. The summed E-state index contributed by atoms with van der Waals surface area (Å²) >= 11 is 1.57. The standard InChI is InChI=1S/C52H58N10O6S/c1-30-22-34(15-18-59(30)35-8-10-38-32(23-35)28-62(50(38)66)43-11-13-46(64)56-49(43)65)58-20-21-60(31(2)26-58)36-9-12-45(54-25-36)55-42-24-33(27-57(3)51(42)67)37-14-17-53-48(41(37)29-63)61-19-16-40-39-6-4-5-7-44(39)69-47(40)52(61)68/h8-10,12,14,17,23-25,27,30-31,34,43,63H,4-7,11,13,15-16,18-22,26,28-29H2,1-3H3,(H,54,55)(H,56,64,65)/t30-,31+,34+,43+/m1/s1/i3D3. The lowest BCUT2D eigenvalue weighted by molar-refractivity contribution is -0.136. The number of aromatic nitrogens is 3. The van der Waals surface area contributed by atoms with Crippen molar-refractivity contribution in [3.8, 4) is 11.1 Å². The van der Waals surface area contributed by atoms with Crippen LogP contribution < -0.4 is 30.9 Å². The molecule has 1 aliphatic carbocycles. The molecule has 16 nitrogen and oxygen atoms in total. The van der Waals surface area contributed by atoms with Crippen LogP contribution in [0.5, 0.6) is 0 Å². The van der Waals surface area contributed by atoms with Gasteiger partial charge in [0.25, 0.3) is 17.4 Å². The van der Waals surface area contributed by atoms with Crippen LogP contribution in [0.25, 0.3) is 11.1 Å². The van der Waals surface area contributed by atoms with E-state index in [1.165, 1.54) is 16.6 Å². The van der Waals surface area contributed by atoms with Gasteiger partial charge in [0, 0.05) is 115 Å². The summed E-state index contributed by atoms with van der Waals surface area (Å²) in [6, 6.07) is 13.1. The van der Waals surface area contributed by atoms with Crippen molar-refractivity contribution in [3.05, 3.63) is 109 Å². The average Bonchev–Trinajstić information content (AvgIpc) is 3.91. The number of hydrogen-bond donors (Lipinski definition) is 3. The normalized spacial score (nSPS) is 23.8. The number of amides is 4. The van der Waals surface area contributed by atoms with E-state index in [2.05, 4.69) is 55.2 Å². The number of pyridine rings is 3. The van der Waals surface area contributed by atoms with Gasteiger partial charge in [0.2, 0.25) is 11.8 Å². The summed E-state index contributed by atoms with van der Waals surface area (Å²) in [6.45, 7) is 5.31. The first kappa shape index (κ1) is 41.5. The van der Waals surface area contributed by atoms with Crippen LogP contribution in [0.2, 0.25) is 0 Å². The van der Waals surface area contributed by atoms with E-state index in [9.17, 15) is 29.1 Å². The molecule has 9 heterocycles. The predicted octanol–water partition coefficient (Wildman–Crippen LogP) is 5.55. The van der Waals surface area contributed by atoms with Gasteiger partial charge in [-0.25, -0.2) is 9.97 Å². The van der Waals surface area contributed by atoms with Crippen LogP contribution in [0.3, 0.4) is 0 Å². The number of imide groups is 1. The number of thiophene rings is 1. The molecule has 4 atom stereocenters. The summed E-state index contributed by atoms with van der Waals surface area (Å²) in [5.74, 6) is -0.374. The lowest BCUT2D eigenvalue weighted by atomic mass is 9.92. The lowest BCUT2D eigenvalue weighted by Crippen LogP contribution is -2.58. The van der Waals surface area contributed by atoms with Crippen LogP contribution in [-0.2, 0) is 49.0 Å². The Morgan fingerprint density at radius 3 is 2.46 bits per heavy atom. The summed E-state index contributed by atoms with van der Waals surface area (Å²) in [7, 11) is 0. The molecule has 5 aromatic rings. The van der Waals surface area contributed by atoms with Crippen LogP contribution >= 0.6 is 11.3 Å². The summed E-state index contributed by atoms with van der Waals surface area (Å²) in [4.78, 5) is 87.3. The molecule has 1 aromatic carbocycles. The first-order valence-electron chi connectivity index (χ1n) is 25.7. The molecule has 358 valence electrons. The minimum Gasteiger partial charge on any atom is -0.392 e. The predicted molar refractivity (Wildman–Crippen MR) is 265 cm³/mol. The molecule has 0 radical (unpaired) electrons. The van der Waals surface area contributed by atoms with Gasteiger partial charge < -0.3 is 29.7 Å². The van der Waals surface area contributed by atoms with Gasteiger partial charge in [-0.05, 0) is 130 Å². The van der Waals surface area contributed by atoms with Crippen molar-refractivity contribution in [2.75, 3.05) is 52.7 Å². The second-order valence-electron chi connectivity index (χ2n) is 19.4. The zero-order valence-corrected chi connectivity index (χ0v) is 39.7. The van der Waals surface area contributed by atoms with Gasteiger partial charge in [-0.2, -0.15) is 0 Å². The highest BCUT2D eigenvalue weighted by molar-refractivity contribution is 7.14. The van der Waals surface area contributed by atoms with Crippen LogP contribution in [-0.4, -0.2) is 110 Å². The summed E-state index contributed by atoms with van der Waals surface area (Å²) < 4.78 is 25.5. The maximum absolute atomic E-state index is 14.1. The van der Waals surface area contributed by atoms with E-state index < -0.39 is 31.1 Å². The van der Waals surface area contributed by atoms with Gasteiger partial charge in [-0.3, -0.25) is 39.1 Å². The van der Waals surface area contributed by atoms with Crippen molar-refractivity contribution in [3.63, 3.8) is 0 Å². The zero-order valence-electron chi connectivity index (χ0n) is 41.9. The molecule has 17 heteroatoms. The molecular formula is C52H58N10O6S. The molecule has 5 aliphatic heterocycles. The van der Waals surface area contributed by atoms with E-state index >= 15 is 0 Å². The topological polar surface area (TPSA) is 177 Å². The molecule has 6 aliphatic rings. The third kappa shape index (κ3) is 8.17. The Hall–Kier alpha value is -6.43. The molecule has 0 spiro atoms. The van der Waals surface area contributed by atoms with Crippen LogP contribution in [0.4, 0.5) is 28.7 Å². The number of aliphatic hydroxyl groups is 1. The van der Waals surface area contributed by atoms with E-state index in [0.29, 0.717) is 70.4 Å². The molecule has 3 fully saturated rings.